The van der Waals surface area contributed by atoms with Crippen LogP contribution in [0.5, 0.6) is 0 Å². The molecule has 0 aliphatic carbocycles. The van der Waals surface area contributed by atoms with Gasteiger partial charge in [-0.2, -0.15) is 0 Å². The molecule has 0 spiro atoms. The minimum Gasteiger partial charge on any atom is -0.355 e. The van der Waals surface area contributed by atoms with Gasteiger partial charge in [-0.1, -0.05) is 13.0 Å². The number of alkyl halides is 1. The molecule has 0 amide bonds. The van der Waals surface area contributed by atoms with E-state index in [1.54, 1.807) is 0 Å². The van der Waals surface area contributed by atoms with Crippen LogP contribution < -0.4 is 4.90 Å². The number of fused-ring (bicyclic) bond motifs is 1. The average molecular weight is 252 g/mol. The number of halogens is 1. The van der Waals surface area contributed by atoms with Crippen molar-refractivity contribution in [3.05, 3.63) is 30.1 Å². The molecule has 17 heavy (non-hydrogen) atoms. The Hall–Kier alpha value is -1.22. The number of hydrogen-bond acceptors (Lipinski definition) is 2. The molecule has 0 aromatic carbocycles. The standard InChI is InChI=1S/C13H18ClN3/c1-3-8-16(4-2)13-11(10-14)17-9-6-5-7-12(17)15-13/h5-7,9H,3-4,8,10H2,1-2H3. The van der Waals surface area contributed by atoms with E-state index < -0.39 is 0 Å². The lowest BCUT2D eigenvalue weighted by atomic mass is 10.3. The second-order valence-corrected chi connectivity index (χ2v) is 4.29. The Morgan fingerprint density at radius 1 is 1.35 bits per heavy atom. The summed E-state index contributed by atoms with van der Waals surface area (Å²) in [6, 6.07) is 6.02. The summed E-state index contributed by atoms with van der Waals surface area (Å²) in [5, 5.41) is 0. The van der Waals surface area contributed by atoms with E-state index >= 15 is 0 Å². The van der Waals surface area contributed by atoms with Gasteiger partial charge in [0.05, 0.1) is 11.6 Å². The van der Waals surface area contributed by atoms with Crippen molar-refractivity contribution in [2.45, 2.75) is 26.1 Å². The highest BCUT2D eigenvalue weighted by Gasteiger charge is 2.15. The second-order valence-electron chi connectivity index (χ2n) is 4.02. The molecule has 4 heteroatoms. The van der Waals surface area contributed by atoms with E-state index in [9.17, 15) is 0 Å². The smallest absolute Gasteiger partial charge is 0.152 e. The third kappa shape index (κ3) is 2.25. The van der Waals surface area contributed by atoms with Crippen LogP contribution in [0.3, 0.4) is 0 Å². The van der Waals surface area contributed by atoms with E-state index in [4.69, 9.17) is 11.6 Å². The Bertz CT molecular complexity index is 492. The van der Waals surface area contributed by atoms with Crippen molar-refractivity contribution in [3.63, 3.8) is 0 Å². The third-order valence-corrected chi connectivity index (χ3v) is 3.16. The van der Waals surface area contributed by atoms with Crippen LogP contribution >= 0.6 is 11.6 Å². The molecule has 3 nitrogen and oxygen atoms in total. The number of rotatable bonds is 5. The van der Waals surface area contributed by atoms with Crippen LogP contribution in [-0.4, -0.2) is 22.5 Å². The van der Waals surface area contributed by atoms with Crippen LogP contribution in [0.15, 0.2) is 24.4 Å². The molecule has 2 aromatic rings. The van der Waals surface area contributed by atoms with Crippen LogP contribution in [0.4, 0.5) is 5.82 Å². The van der Waals surface area contributed by atoms with E-state index in [0.717, 1.165) is 36.7 Å². The molecule has 2 heterocycles. The number of pyridine rings is 1. The topological polar surface area (TPSA) is 20.5 Å². The highest BCUT2D eigenvalue weighted by atomic mass is 35.5. The van der Waals surface area contributed by atoms with Gasteiger partial charge in [0, 0.05) is 19.3 Å². The van der Waals surface area contributed by atoms with Gasteiger partial charge in [-0.15, -0.1) is 11.6 Å². The largest absolute Gasteiger partial charge is 0.355 e. The van der Waals surface area contributed by atoms with Crippen molar-refractivity contribution in [1.29, 1.82) is 0 Å². The van der Waals surface area contributed by atoms with Gasteiger partial charge in [-0.25, -0.2) is 4.98 Å². The predicted molar refractivity (Wildman–Crippen MR) is 72.9 cm³/mol. The second kappa shape index (κ2) is 5.41. The molecule has 0 radical (unpaired) electrons. The quantitative estimate of drug-likeness (QED) is 0.760. The SMILES string of the molecule is CCCN(CC)c1nc2ccccn2c1CCl. The maximum atomic E-state index is 6.07. The number of anilines is 1. The third-order valence-electron chi connectivity index (χ3n) is 2.91. The lowest BCUT2D eigenvalue weighted by Gasteiger charge is -2.20. The first-order valence-electron chi connectivity index (χ1n) is 6.08. The summed E-state index contributed by atoms with van der Waals surface area (Å²) in [7, 11) is 0. The maximum absolute atomic E-state index is 6.07. The first kappa shape index (κ1) is 12.2. The Morgan fingerprint density at radius 2 is 2.18 bits per heavy atom. The zero-order valence-electron chi connectivity index (χ0n) is 10.4. The van der Waals surface area contributed by atoms with Crippen molar-refractivity contribution < 1.29 is 0 Å². The zero-order chi connectivity index (χ0) is 12.3. The van der Waals surface area contributed by atoms with Crippen molar-refractivity contribution in [2.75, 3.05) is 18.0 Å². The van der Waals surface area contributed by atoms with Crippen molar-refractivity contribution in [1.82, 2.24) is 9.38 Å². The summed E-state index contributed by atoms with van der Waals surface area (Å²) in [5.41, 5.74) is 2.05. The van der Waals surface area contributed by atoms with Gasteiger partial charge in [0.25, 0.3) is 0 Å². The van der Waals surface area contributed by atoms with Gasteiger partial charge in [0.2, 0.25) is 0 Å². The Labute approximate surface area is 107 Å². The lowest BCUT2D eigenvalue weighted by Crippen LogP contribution is -2.24. The van der Waals surface area contributed by atoms with Gasteiger partial charge >= 0.3 is 0 Å². The first-order valence-corrected chi connectivity index (χ1v) is 6.62. The van der Waals surface area contributed by atoms with E-state index in [2.05, 4.69) is 28.1 Å². The lowest BCUT2D eigenvalue weighted by molar-refractivity contribution is 0.777. The molecule has 0 N–H and O–H groups in total. The summed E-state index contributed by atoms with van der Waals surface area (Å²) in [6.45, 7) is 6.31. The van der Waals surface area contributed by atoms with Crippen molar-refractivity contribution in [3.8, 4) is 0 Å². The minimum atomic E-state index is 0.487. The number of aromatic nitrogens is 2. The van der Waals surface area contributed by atoms with Gasteiger partial charge in [0.1, 0.15) is 5.65 Å². The first-order chi connectivity index (χ1) is 8.31. The van der Waals surface area contributed by atoms with E-state index in [1.807, 2.05) is 24.4 Å². The molecule has 92 valence electrons. The average Bonchev–Trinajstić information content (AvgIpc) is 2.74. The van der Waals surface area contributed by atoms with Crippen LogP contribution in [-0.2, 0) is 5.88 Å². The van der Waals surface area contributed by atoms with Gasteiger partial charge in [0.15, 0.2) is 5.82 Å². The maximum Gasteiger partial charge on any atom is 0.152 e. The summed E-state index contributed by atoms with van der Waals surface area (Å²) >= 11 is 6.07. The van der Waals surface area contributed by atoms with E-state index in [1.165, 1.54) is 0 Å². The summed E-state index contributed by atoms with van der Waals surface area (Å²) in [6.07, 6.45) is 3.13. The van der Waals surface area contributed by atoms with E-state index in [0.29, 0.717) is 5.88 Å². The molecule has 2 rings (SSSR count). The van der Waals surface area contributed by atoms with Gasteiger partial charge in [-0.05, 0) is 25.5 Å². The molecule has 0 saturated heterocycles. The molecule has 0 saturated carbocycles. The fraction of sp³-hybridized carbons (Fsp3) is 0.462. The van der Waals surface area contributed by atoms with Crippen molar-refractivity contribution >= 4 is 23.1 Å². The highest BCUT2D eigenvalue weighted by Crippen LogP contribution is 2.23. The summed E-state index contributed by atoms with van der Waals surface area (Å²) < 4.78 is 2.07. The number of nitrogens with zero attached hydrogens (tertiary/aromatic N) is 3. The highest BCUT2D eigenvalue weighted by molar-refractivity contribution is 6.17. The van der Waals surface area contributed by atoms with E-state index in [-0.39, 0.29) is 0 Å². The van der Waals surface area contributed by atoms with Crippen LogP contribution in [0.1, 0.15) is 26.0 Å². The fourth-order valence-electron chi connectivity index (χ4n) is 2.10. The molecule has 0 aliphatic heterocycles. The molecule has 0 bridgehead atoms. The predicted octanol–water partition coefficient (Wildman–Crippen LogP) is 3.31. The summed E-state index contributed by atoms with van der Waals surface area (Å²) in [4.78, 5) is 6.96. The monoisotopic (exact) mass is 251 g/mol. The molecule has 2 aromatic heterocycles. The van der Waals surface area contributed by atoms with Crippen molar-refractivity contribution in [2.24, 2.45) is 0 Å². The van der Waals surface area contributed by atoms with Gasteiger partial charge < -0.3 is 9.30 Å². The molecular formula is C13H18ClN3. The fourth-order valence-corrected chi connectivity index (χ4v) is 2.34. The molecular weight excluding hydrogens is 234 g/mol. The number of imidazole rings is 1. The van der Waals surface area contributed by atoms with Crippen LogP contribution in [0.2, 0.25) is 0 Å². The number of hydrogen-bond donors (Lipinski definition) is 0. The molecule has 0 aliphatic rings. The van der Waals surface area contributed by atoms with Crippen LogP contribution in [0, 0.1) is 0 Å². The molecule has 0 fully saturated rings. The Balaban J connectivity index is 2.51. The Kier molecular flexibility index (Phi) is 3.89. The molecule has 0 unspecified atom stereocenters. The minimum absolute atomic E-state index is 0.487. The zero-order valence-corrected chi connectivity index (χ0v) is 11.1. The Morgan fingerprint density at radius 3 is 2.82 bits per heavy atom. The summed E-state index contributed by atoms with van der Waals surface area (Å²) in [5.74, 6) is 1.51. The normalized spacial score (nSPS) is 11.0. The van der Waals surface area contributed by atoms with Gasteiger partial charge in [-0.3, -0.25) is 0 Å². The molecule has 0 atom stereocenters. The van der Waals surface area contributed by atoms with Crippen LogP contribution in [0.25, 0.3) is 5.65 Å².